The maximum atomic E-state index is 11.9. The highest BCUT2D eigenvalue weighted by molar-refractivity contribution is 5.90. The first-order valence-corrected chi connectivity index (χ1v) is 7.93. The summed E-state index contributed by atoms with van der Waals surface area (Å²) in [5.41, 5.74) is 2.24. The Bertz CT molecular complexity index is 478. The number of aromatic nitrogens is 2. The molecule has 5 nitrogen and oxygen atoms in total. The second-order valence-electron chi connectivity index (χ2n) is 6.49. The van der Waals surface area contributed by atoms with E-state index in [1.165, 1.54) is 18.5 Å². The first-order chi connectivity index (χ1) is 9.97. The molecular formula is C16H27N3O2. The van der Waals surface area contributed by atoms with Crippen LogP contribution in [0.4, 0.5) is 5.82 Å². The van der Waals surface area contributed by atoms with E-state index < -0.39 is 0 Å². The summed E-state index contributed by atoms with van der Waals surface area (Å²) in [4.78, 5) is 11.9. The summed E-state index contributed by atoms with van der Waals surface area (Å²) in [6.07, 6.45) is 4.03. The van der Waals surface area contributed by atoms with E-state index in [4.69, 9.17) is 4.74 Å². The van der Waals surface area contributed by atoms with Crippen LogP contribution in [-0.4, -0.2) is 28.8 Å². The Kier molecular flexibility index (Phi) is 5.39. The molecule has 1 aromatic heterocycles. The first-order valence-electron chi connectivity index (χ1n) is 7.93. The van der Waals surface area contributed by atoms with Crippen LogP contribution in [0.25, 0.3) is 0 Å². The highest BCUT2D eigenvalue weighted by Crippen LogP contribution is 2.41. The summed E-state index contributed by atoms with van der Waals surface area (Å²) in [5.74, 6) is 1.85. The van der Waals surface area contributed by atoms with Crippen LogP contribution in [0.3, 0.4) is 0 Å². The zero-order chi connectivity index (χ0) is 15.4. The predicted molar refractivity (Wildman–Crippen MR) is 83.4 cm³/mol. The lowest BCUT2D eigenvalue weighted by molar-refractivity contribution is -0.117. The largest absolute Gasteiger partial charge is 0.378 e. The molecular weight excluding hydrogens is 266 g/mol. The molecule has 2 N–H and O–H groups in total. The van der Waals surface area contributed by atoms with Crippen LogP contribution in [0.1, 0.15) is 63.6 Å². The van der Waals surface area contributed by atoms with Crippen molar-refractivity contribution in [3.8, 4) is 0 Å². The third-order valence-corrected chi connectivity index (χ3v) is 3.83. The SMILES string of the molecule is Cc1c(NC(=O)CCO[C@H](C)CC(C)C)n[nH]c1C1CC1. The number of carbonyl (C=O) groups excluding carboxylic acids is 1. The lowest BCUT2D eigenvalue weighted by Gasteiger charge is -2.14. The Morgan fingerprint density at radius 2 is 2.14 bits per heavy atom. The fourth-order valence-electron chi connectivity index (χ4n) is 2.58. The van der Waals surface area contributed by atoms with Crippen molar-refractivity contribution < 1.29 is 9.53 Å². The van der Waals surface area contributed by atoms with Crippen molar-refractivity contribution >= 4 is 11.7 Å². The molecule has 1 saturated carbocycles. The van der Waals surface area contributed by atoms with Crippen molar-refractivity contribution in [1.82, 2.24) is 10.2 Å². The molecule has 21 heavy (non-hydrogen) atoms. The van der Waals surface area contributed by atoms with Gasteiger partial charge in [0.15, 0.2) is 5.82 Å². The van der Waals surface area contributed by atoms with Gasteiger partial charge in [0, 0.05) is 17.2 Å². The number of H-pyrrole nitrogens is 1. The highest BCUT2D eigenvalue weighted by atomic mass is 16.5. The lowest BCUT2D eigenvalue weighted by Crippen LogP contribution is -2.18. The molecule has 0 radical (unpaired) electrons. The summed E-state index contributed by atoms with van der Waals surface area (Å²) in [7, 11) is 0. The van der Waals surface area contributed by atoms with Gasteiger partial charge in [0.05, 0.1) is 19.1 Å². The molecule has 0 saturated heterocycles. The average Bonchev–Trinajstić information content (AvgIpc) is 3.16. The van der Waals surface area contributed by atoms with Crippen LogP contribution in [0, 0.1) is 12.8 Å². The zero-order valence-electron chi connectivity index (χ0n) is 13.5. The fourth-order valence-corrected chi connectivity index (χ4v) is 2.58. The van der Waals surface area contributed by atoms with Crippen LogP contribution in [-0.2, 0) is 9.53 Å². The van der Waals surface area contributed by atoms with Gasteiger partial charge in [-0.15, -0.1) is 0 Å². The first kappa shape index (κ1) is 16.0. The predicted octanol–water partition coefficient (Wildman–Crippen LogP) is 3.38. The Balaban J connectivity index is 1.72. The Morgan fingerprint density at radius 1 is 1.43 bits per heavy atom. The lowest BCUT2D eigenvalue weighted by atomic mass is 10.1. The molecule has 1 fully saturated rings. The number of amides is 1. The highest BCUT2D eigenvalue weighted by Gasteiger charge is 2.28. The quantitative estimate of drug-likeness (QED) is 0.772. The van der Waals surface area contributed by atoms with Gasteiger partial charge in [0.1, 0.15) is 0 Å². The van der Waals surface area contributed by atoms with Crippen LogP contribution in [0.2, 0.25) is 0 Å². The molecule has 0 spiro atoms. The van der Waals surface area contributed by atoms with Crippen molar-refractivity contribution in [2.45, 2.75) is 65.4 Å². The van der Waals surface area contributed by atoms with Crippen LogP contribution in [0.5, 0.6) is 0 Å². The number of aromatic amines is 1. The molecule has 1 aromatic rings. The Morgan fingerprint density at radius 3 is 2.76 bits per heavy atom. The van der Waals surface area contributed by atoms with Crippen LogP contribution in [0.15, 0.2) is 0 Å². The molecule has 2 rings (SSSR count). The number of ether oxygens (including phenoxy) is 1. The van der Waals surface area contributed by atoms with E-state index in [1.54, 1.807) is 0 Å². The van der Waals surface area contributed by atoms with E-state index in [1.807, 2.05) is 6.92 Å². The van der Waals surface area contributed by atoms with Gasteiger partial charge < -0.3 is 10.1 Å². The fraction of sp³-hybridized carbons (Fsp3) is 0.750. The minimum atomic E-state index is -0.0382. The van der Waals surface area contributed by atoms with Gasteiger partial charge in [-0.05, 0) is 39.0 Å². The molecule has 1 amide bonds. The maximum Gasteiger partial charge on any atom is 0.227 e. The van der Waals surface area contributed by atoms with Crippen molar-refractivity contribution in [3.05, 3.63) is 11.3 Å². The summed E-state index contributed by atoms with van der Waals surface area (Å²) < 4.78 is 5.66. The standard InChI is InChI=1S/C16H27N3O2/c1-10(2)9-11(3)21-8-7-14(20)17-16-12(4)15(18-19-16)13-5-6-13/h10-11,13H,5-9H2,1-4H3,(H2,17,18,19,20)/t11-/m1/s1. The van der Waals surface area contributed by atoms with Crippen molar-refractivity contribution in [3.63, 3.8) is 0 Å². The molecule has 0 aliphatic heterocycles. The number of nitrogens with zero attached hydrogens (tertiary/aromatic N) is 1. The molecule has 0 unspecified atom stereocenters. The van der Waals surface area contributed by atoms with E-state index in [9.17, 15) is 4.79 Å². The molecule has 1 aliphatic carbocycles. The summed E-state index contributed by atoms with van der Waals surface area (Å²) >= 11 is 0. The average molecular weight is 293 g/mol. The van der Waals surface area contributed by atoms with E-state index in [0.29, 0.717) is 30.7 Å². The van der Waals surface area contributed by atoms with Gasteiger partial charge in [0.25, 0.3) is 0 Å². The van der Waals surface area contributed by atoms with E-state index >= 15 is 0 Å². The van der Waals surface area contributed by atoms with E-state index in [-0.39, 0.29) is 12.0 Å². The maximum absolute atomic E-state index is 11.9. The monoisotopic (exact) mass is 293 g/mol. The molecule has 5 heteroatoms. The number of anilines is 1. The van der Waals surface area contributed by atoms with Gasteiger partial charge in [-0.2, -0.15) is 5.10 Å². The topological polar surface area (TPSA) is 67.0 Å². The number of carbonyl (C=O) groups is 1. The second-order valence-corrected chi connectivity index (χ2v) is 6.49. The molecule has 0 aromatic carbocycles. The minimum absolute atomic E-state index is 0.0382. The van der Waals surface area contributed by atoms with Crippen LogP contribution < -0.4 is 5.32 Å². The molecule has 1 atom stereocenters. The third-order valence-electron chi connectivity index (χ3n) is 3.83. The number of nitrogens with one attached hydrogen (secondary N) is 2. The normalized spacial score (nSPS) is 16.2. The Labute approximate surface area is 126 Å². The van der Waals surface area contributed by atoms with E-state index in [0.717, 1.165) is 12.0 Å². The molecule has 1 aliphatic rings. The van der Waals surface area contributed by atoms with E-state index in [2.05, 4.69) is 36.3 Å². The second kappa shape index (κ2) is 7.07. The number of hydrogen-bond donors (Lipinski definition) is 2. The summed E-state index contributed by atoms with van der Waals surface area (Å²) in [6, 6.07) is 0. The zero-order valence-corrected chi connectivity index (χ0v) is 13.5. The number of hydrogen-bond acceptors (Lipinski definition) is 3. The van der Waals surface area contributed by atoms with Gasteiger partial charge in [-0.1, -0.05) is 13.8 Å². The van der Waals surface area contributed by atoms with Crippen molar-refractivity contribution in [1.29, 1.82) is 0 Å². The van der Waals surface area contributed by atoms with Gasteiger partial charge >= 0.3 is 0 Å². The molecule has 0 bridgehead atoms. The van der Waals surface area contributed by atoms with Gasteiger partial charge in [-0.25, -0.2) is 0 Å². The van der Waals surface area contributed by atoms with Gasteiger partial charge in [0.2, 0.25) is 5.91 Å². The molecule has 118 valence electrons. The summed E-state index contributed by atoms with van der Waals surface area (Å²) in [6.45, 7) is 8.86. The van der Waals surface area contributed by atoms with Crippen molar-refractivity contribution in [2.75, 3.05) is 11.9 Å². The minimum Gasteiger partial charge on any atom is -0.378 e. The summed E-state index contributed by atoms with van der Waals surface area (Å²) in [5, 5.41) is 10.1. The van der Waals surface area contributed by atoms with Gasteiger partial charge in [-0.3, -0.25) is 9.89 Å². The number of rotatable bonds is 8. The molecule has 1 heterocycles. The Hall–Kier alpha value is -1.36. The van der Waals surface area contributed by atoms with Crippen LogP contribution >= 0.6 is 0 Å². The third kappa shape index (κ3) is 4.84. The smallest absolute Gasteiger partial charge is 0.227 e. The van der Waals surface area contributed by atoms with Crippen molar-refractivity contribution in [2.24, 2.45) is 5.92 Å².